The zero-order chi connectivity index (χ0) is 15.4. The number of carbonyl (C=O) groups excluding carboxylic acids is 1. The van der Waals surface area contributed by atoms with Crippen LogP contribution in [0.2, 0.25) is 0 Å². The number of carbonyl (C=O) groups is 1. The van der Waals surface area contributed by atoms with E-state index in [1.807, 2.05) is 18.2 Å². The highest BCUT2D eigenvalue weighted by Crippen LogP contribution is 2.19. The molecule has 0 bridgehead atoms. The van der Waals surface area contributed by atoms with Crippen LogP contribution in [0.5, 0.6) is 0 Å². The molecule has 2 aromatic rings. The highest BCUT2D eigenvalue weighted by molar-refractivity contribution is 6.09. The van der Waals surface area contributed by atoms with Gasteiger partial charge in [0, 0.05) is 11.1 Å². The van der Waals surface area contributed by atoms with Gasteiger partial charge in [-0.2, -0.15) is 0 Å². The van der Waals surface area contributed by atoms with Crippen LogP contribution >= 0.6 is 0 Å². The molecule has 0 aliphatic rings. The minimum absolute atomic E-state index is 0.114. The lowest BCUT2D eigenvalue weighted by atomic mass is 9.94. The highest BCUT2D eigenvalue weighted by atomic mass is 16.1. The largest absolute Gasteiger partial charge is 0.289 e. The maximum absolute atomic E-state index is 12.6. The summed E-state index contributed by atoms with van der Waals surface area (Å²) in [4.78, 5) is 12.6. The Morgan fingerprint density at radius 2 is 1.43 bits per heavy atom. The summed E-state index contributed by atoms with van der Waals surface area (Å²) in [5, 5.41) is 0. The second-order valence-corrected chi connectivity index (χ2v) is 5.80. The Hall–Kier alpha value is -1.89. The van der Waals surface area contributed by atoms with Crippen molar-refractivity contribution in [3.05, 3.63) is 70.3 Å². The summed E-state index contributed by atoms with van der Waals surface area (Å²) in [6.07, 6.45) is 1.98. The molecule has 1 heteroatoms. The zero-order valence-electron chi connectivity index (χ0n) is 13.4. The summed E-state index contributed by atoms with van der Waals surface area (Å²) in [6.45, 7) is 8.61. The maximum atomic E-state index is 12.6. The number of hydrogen-bond acceptors (Lipinski definition) is 1. The first kappa shape index (κ1) is 15.5. The van der Waals surface area contributed by atoms with Crippen molar-refractivity contribution in [2.75, 3.05) is 0 Å². The van der Waals surface area contributed by atoms with E-state index in [0.717, 1.165) is 24.0 Å². The first-order valence-corrected chi connectivity index (χ1v) is 7.83. The van der Waals surface area contributed by atoms with E-state index < -0.39 is 0 Å². The molecule has 0 aliphatic heterocycles. The van der Waals surface area contributed by atoms with Gasteiger partial charge in [-0.15, -0.1) is 0 Å². The van der Waals surface area contributed by atoms with Gasteiger partial charge in [-0.05, 0) is 41.5 Å². The van der Waals surface area contributed by atoms with E-state index in [2.05, 4.69) is 52.0 Å². The molecular weight excluding hydrogens is 256 g/mol. The molecule has 0 unspecified atom stereocenters. The first-order valence-electron chi connectivity index (χ1n) is 7.83. The van der Waals surface area contributed by atoms with Gasteiger partial charge in [0.05, 0.1) is 0 Å². The third kappa shape index (κ3) is 3.41. The van der Waals surface area contributed by atoms with Gasteiger partial charge < -0.3 is 0 Å². The van der Waals surface area contributed by atoms with Crippen LogP contribution < -0.4 is 0 Å². The van der Waals surface area contributed by atoms with E-state index in [9.17, 15) is 4.79 Å². The molecule has 0 aromatic heterocycles. The fourth-order valence-corrected chi connectivity index (χ4v) is 2.63. The Morgan fingerprint density at radius 3 is 1.95 bits per heavy atom. The fourth-order valence-electron chi connectivity index (χ4n) is 2.63. The number of hydrogen-bond donors (Lipinski definition) is 0. The van der Waals surface area contributed by atoms with Crippen molar-refractivity contribution in [3.8, 4) is 0 Å². The Kier molecular flexibility index (Phi) is 4.95. The zero-order valence-corrected chi connectivity index (χ0v) is 13.4. The van der Waals surface area contributed by atoms with Gasteiger partial charge in [0.15, 0.2) is 5.78 Å². The number of aryl methyl sites for hydroxylation is 2. The van der Waals surface area contributed by atoms with Gasteiger partial charge in [-0.1, -0.05) is 64.1 Å². The molecule has 1 nitrogen and oxygen atoms in total. The van der Waals surface area contributed by atoms with Gasteiger partial charge in [0.25, 0.3) is 0 Å². The van der Waals surface area contributed by atoms with E-state index >= 15 is 0 Å². The second-order valence-electron chi connectivity index (χ2n) is 5.80. The summed E-state index contributed by atoms with van der Waals surface area (Å²) in [5.74, 6) is 0.604. The molecule has 2 rings (SSSR count). The molecule has 0 fully saturated rings. The van der Waals surface area contributed by atoms with Crippen LogP contribution in [0.1, 0.15) is 66.2 Å². The predicted molar refractivity (Wildman–Crippen MR) is 89.2 cm³/mol. The normalized spacial score (nSPS) is 10.9. The summed E-state index contributed by atoms with van der Waals surface area (Å²) in [6, 6.07) is 14.1. The van der Waals surface area contributed by atoms with Crippen molar-refractivity contribution in [1.29, 1.82) is 0 Å². The third-order valence-corrected chi connectivity index (χ3v) is 4.07. The maximum Gasteiger partial charge on any atom is 0.193 e. The molecule has 0 N–H and O–H groups in total. The van der Waals surface area contributed by atoms with Crippen LogP contribution in [0.15, 0.2) is 42.5 Å². The van der Waals surface area contributed by atoms with E-state index in [4.69, 9.17) is 0 Å². The standard InChI is InChI=1S/C20H24O/c1-5-15-7-12-19(13-16(15)6-2)20(21)18-10-8-17(9-11-18)14(3)4/h7-14H,5-6H2,1-4H3. The highest BCUT2D eigenvalue weighted by Gasteiger charge is 2.11. The van der Waals surface area contributed by atoms with Crippen molar-refractivity contribution < 1.29 is 4.79 Å². The molecule has 2 aromatic carbocycles. The summed E-state index contributed by atoms with van der Waals surface area (Å²) in [7, 11) is 0. The van der Waals surface area contributed by atoms with E-state index in [0.29, 0.717) is 5.92 Å². The van der Waals surface area contributed by atoms with Crippen LogP contribution in [0, 0.1) is 0 Å². The number of ketones is 1. The molecule has 0 atom stereocenters. The molecule has 0 amide bonds. The van der Waals surface area contributed by atoms with Crippen LogP contribution in [-0.2, 0) is 12.8 Å². The van der Waals surface area contributed by atoms with E-state index in [1.54, 1.807) is 0 Å². The topological polar surface area (TPSA) is 17.1 Å². The summed E-state index contributed by atoms with van der Waals surface area (Å²) in [5.41, 5.74) is 5.44. The molecular formula is C20H24O. The monoisotopic (exact) mass is 280 g/mol. The smallest absolute Gasteiger partial charge is 0.193 e. The Balaban J connectivity index is 2.31. The molecule has 0 saturated heterocycles. The lowest BCUT2D eigenvalue weighted by Gasteiger charge is -2.09. The second kappa shape index (κ2) is 6.71. The summed E-state index contributed by atoms with van der Waals surface area (Å²) < 4.78 is 0. The van der Waals surface area contributed by atoms with Gasteiger partial charge in [-0.3, -0.25) is 4.79 Å². The molecule has 0 radical (unpaired) electrons. The molecule has 0 aliphatic carbocycles. The van der Waals surface area contributed by atoms with Crippen LogP contribution in [-0.4, -0.2) is 5.78 Å². The fraction of sp³-hybridized carbons (Fsp3) is 0.350. The minimum Gasteiger partial charge on any atom is -0.289 e. The van der Waals surface area contributed by atoms with Crippen LogP contribution in [0.4, 0.5) is 0 Å². The van der Waals surface area contributed by atoms with Gasteiger partial charge in [-0.25, -0.2) is 0 Å². The van der Waals surface area contributed by atoms with Crippen molar-refractivity contribution in [3.63, 3.8) is 0 Å². The average molecular weight is 280 g/mol. The van der Waals surface area contributed by atoms with E-state index in [1.165, 1.54) is 16.7 Å². The number of benzene rings is 2. The van der Waals surface area contributed by atoms with Crippen LogP contribution in [0.25, 0.3) is 0 Å². The van der Waals surface area contributed by atoms with Crippen molar-refractivity contribution in [2.45, 2.75) is 46.5 Å². The lowest BCUT2D eigenvalue weighted by molar-refractivity contribution is 0.103. The predicted octanol–water partition coefficient (Wildman–Crippen LogP) is 5.17. The first-order chi connectivity index (χ1) is 10.1. The number of rotatable bonds is 5. The van der Waals surface area contributed by atoms with Crippen molar-refractivity contribution >= 4 is 5.78 Å². The quantitative estimate of drug-likeness (QED) is 0.691. The molecule has 0 heterocycles. The van der Waals surface area contributed by atoms with Gasteiger partial charge in [0.2, 0.25) is 0 Å². The summed E-state index contributed by atoms with van der Waals surface area (Å²) >= 11 is 0. The lowest BCUT2D eigenvalue weighted by Crippen LogP contribution is -2.04. The van der Waals surface area contributed by atoms with Crippen LogP contribution in [0.3, 0.4) is 0 Å². The molecule has 0 saturated carbocycles. The van der Waals surface area contributed by atoms with Gasteiger partial charge in [0.1, 0.15) is 0 Å². The third-order valence-electron chi connectivity index (χ3n) is 4.07. The average Bonchev–Trinajstić information content (AvgIpc) is 2.53. The molecule has 21 heavy (non-hydrogen) atoms. The molecule has 110 valence electrons. The Bertz CT molecular complexity index is 621. The van der Waals surface area contributed by atoms with E-state index in [-0.39, 0.29) is 5.78 Å². The van der Waals surface area contributed by atoms with Gasteiger partial charge >= 0.3 is 0 Å². The van der Waals surface area contributed by atoms with Crippen molar-refractivity contribution in [1.82, 2.24) is 0 Å². The van der Waals surface area contributed by atoms with Crippen molar-refractivity contribution in [2.24, 2.45) is 0 Å². The Morgan fingerprint density at radius 1 is 0.857 bits per heavy atom. The Labute approximate surface area is 128 Å². The SMILES string of the molecule is CCc1ccc(C(=O)c2ccc(C(C)C)cc2)cc1CC. The molecule has 0 spiro atoms. The minimum atomic E-state index is 0.114.